The quantitative estimate of drug-likeness (QED) is 0.758. The van der Waals surface area contributed by atoms with Crippen molar-refractivity contribution in [2.75, 3.05) is 21.3 Å². The third kappa shape index (κ3) is 3.66. The van der Waals surface area contributed by atoms with E-state index < -0.39 is 0 Å². The summed E-state index contributed by atoms with van der Waals surface area (Å²) >= 11 is 0. The number of methoxy groups -OCH3 is 3. The van der Waals surface area contributed by atoms with E-state index in [0.717, 1.165) is 22.8 Å². The highest BCUT2D eigenvalue weighted by atomic mass is 16.5. The van der Waals surface area contributed by atoms with Crippen LogP contribution in [0.1, 0.15) is 50.3 Å². The molecule has 0 bridgehead atoms. The molecule has 0 aliphatic heterocycles. The van der Waals surface area contributed by atoms with E-state index in [-0.39, 0.29) is 11.3 Å². The Kier molecular flexibility index (Phi) is 5.43. The number of rotatable bonds is 5. The number of hydrogen-bond acceptors (Lipinski definition) is 3. The van der Waals surface area contributed by atoms with Crippen LogP contribution in [0.2, 0.25) is 0 Å². The largest absolute Gasteiger partial charge is 0.496 e. The van der Waals surface area contributed by atoms with Gasteiger partial charge in [0.05, 0.1) is 21.3 Å². The van der Waals surface area contributed by atoms with Gasteiger partial charge in [0.1, 0.15) is 17.2 Å². The van der Waals surface area contributed by atoms with Gasteiger partial charge in [-0.25, -0.2) is 0 Å². The molecule has 0 radical (unpaired) electrons. The smallest absolute Gasteiger partial charge is 0.130 e. The van der Waals surface area contributed by atoms with Crippen molar-refractivity contribution in [1.82, 2.24) is 0 Å². The normalized spacial score (nSPS) is 12.6. The molecule has 0 aromatic heterocycles. The van der Waals surface area contributed by atoms with Crippen molar-refractivity contribution in [2.45, 2.75) is 39.0 Å². The minimum absolute atomic E-state index is 0.148. The minimum Gasteiger partial charge on any atom is -0.496 e. The lowest BCUT2D eigenvalue weighted by molar-refractivity contribution is 0.367. The van der Waals surface area contributed by atoms with Crippen molar-refractivity contribution in [2.24, 2.45) is 0 Å². The van der Waals surface area contributed by atoms with E-state index in [0.29, 0.717) is 0 Å². The molecule has 0 saturated carbocycles. The molecule has 0 saturated heterocycles. The molecule has 2 aromatic rings. The molecule has 3 nitrogen and oxygen atoms in total. The highest BCUT2D eigenvalue weighted by molar-refractivity contribution is 5.55. The Hall–Kier alpha value is -2.16. The Morgan fingerprint density at radius 1 is 0.792 bits per heavy atom. The number of benzene rings is 2. The molecule has 0 N–H and O–H groups in total. The Labute approximate surface area is 145 Å². The molecule has 1 unspecified atom stereocenters. The standard InChI is InChI=1S/C21H28O3/c1-14(15-8-10-16(11-9-15)21(2,3)4)20-18(23-6)12-17(22-5)13-19(20)24-7/h8-14H,1-7H3. The molecular weight excluding hydrogens is 300 g/mol. The van der Waals surface area contributed by atoms with Gasteiger partial charge < -0.3 is 14.2 Å². The van der Waals surface area contributed by atoms with E-state index in [1.54, 1.807) is 21.3 Å². The van der Waals surface area contributed by atoms with Crippen LogP contribution in [0.5, 0.6) is 17.2 Å². The van der Waals surface area contributed by atoms with Gasteiger partial charge in [-0.1, -0.05) is 52.0 Å². The summed E-state index contributed by atoms with van der Waals surface area (Å²) in [6.07, 6.45) is 0. The molecule has 24 heavy (non-hydrogen) atoms. The molecule has 0 aliphatic rings. The van der Waals surface area contributed by atoms with E-state index in [1.165, 1.54) is 11.1 Å². The molecule has 2 aromatic carbocycles. The highest BCUT2D eigenvalue weighted by Gasteiger charge is 2.21. The third-order valence-electron chi connectivity index (χ3n) is 4.46. The zero-order valence-electron chi connectivity index (χ0n) is 15.8. The first-order valence-corrected chi connectivity index (χ1v) is 8.22. The van der Waals surface area contributed by atoms with Gasteiger partial charge in [-0.3, -0.25) is 0 Å². The van der Waals surface area contributed by atoms with E-state index in [9.17, 15) is 0 Å². The topological polar surface area (TPSA) is 27.7 Å². The van der Waals surface area contributed by atoms with Gasteiger partial charge in [0.15, 0.2) is 0 Å². The lowest BCUT2D eigenvalue weighted by atomic mass is 9.84. The van der Waals surface area contributed by atoms with Crippen molar-refractivity contribution < 1.29 is 14.2 Å². The fraction of sp³-hybridized carbons (Fsp3) is 0.429. The van der Waals surface area contributed by atoms with Crippen LogP contribution >= 0.6 is 0 Å². The average molecular weight is 328 g/mol. The van der Waals surface area contributed by atoms with Crippen LogP contribution in [-0.4, -0.2) is 21.3 Å². The molecular formula is C21H28O3. The second kappa shape index (κ2) is 7.16. The van der Waals surface area contributed by atoms with Crippen molar-refractivity contribution in [1.29, 1.82) is 0 Å². The van der Waals surface area contributed by atoms with Crippen LogP contribution in [0.15, 0.2) is 36.4 Å². The summed E-state index contributed by atoms with van der Waals surface area (Å²) in [6.45, 7) is 8.84. The number of ether oxygens (including phenoxy) is 3. The molecule has 3 heteroatoms. The van der Waals surface area contributed by atoms with Crippen LogP contribution in [0, 0.1) is 0 Å². The maximum absolute atomic E-state index is 5.59. The van der Waals surface area contributed by atoms with Crippen LogP contribution in [0.4, 0.5) is 0 Å². The fourth-order valence-electron chi connectivity index (χ4n) is 2.90. The van der Waals surface area contributed by atoms with Crippen LogP contribution in [0.25, 0.3) is 0 Å². The van der Waals surface area contributed by atoms with E-state index >= 15 is 0 Å². The Balaban J connectivity index is 2.47. The number of hydrogen-bond donors (Lipinski definition) is 0. The van der Waals surface area contributed by atoms with Crippen LogP contribution in [0.3, 0.4) is 0 Å². The molecule has 0 fully saturated rings. The molecule has 2 rings (SSSR count). The lowest BCUT2D eigenvalue weighted by Gasteiger charge is -2.22. The van der Waals surface area contributed by atoms with Gasteiger partial charge in [-0.2, -0.15) is 0 Å². The predicted octanol–water partition coefficient (Wildman–Crippen LogP) is 5.16. The first-order valence-electron chi connectivity index (χ1n) is 8.22. The molecule has 0 spiro atoms. The molecule has 0 aliphatic carbocycles. The summed E-state index contributed by atoms with van der Waals surface area (Å²) in [5.41, 5.74) is 3.73. The van der Waals surface area contributed by atoms with Gasteiger partial charge in [-0.15, -0.1) is 0 Å². The summed E-state index contributed by atoms with van der Waals surface area (Å²) in [7, 11) is 4.99. The Morgan fingerprint density at radius 3 is 1.67 bits per heavy atom. The summed E-state index contributed by atoms with van der Waals surface area (Å²) in [4.78, 5) is 0. The van der Waals surface area contributed by atoms with E-state index in [1.807, 2.05) is 12.1 Å². The van der Waals surface area contributed by atoms with E-state index in [4.69, 9.17) is 14.2 Å². The monoisotopic (exact) mass is 328 g/mol. The Morgan fingerprint density at radius 2 is 1.29 bits per heavy atom. The van der Waals surface area contributed by atoms with Crippen molar-refractivity contribution in [3.05, 3.63) is 53.1 Å². The first-order chi connectivity index (χ1) is 11.3. The SMILES string of the molecule is COc1cc(OC)c(C(C)c2ccc(C(C)(C)C)cc2)c(OC)c1. The second-order valence-corrected chi connectivity index (χ2v) is 7.04. The van der Waals surface area contributed by atoms with Gasteiger partial charge in [0.25, 0.3) is 0 Å². The maximum Gasteiger partial charge on any atom is 0.130 e. The average Bonchev–Trinajstić information content (AvgIpc) is 2.59. The van der Waals surface area contributed by atoms with Crippen LogP contribution < -0.4 is 14.2 Å². The Bertz CT molecular complexity index is 656. The highest BCUT2D eigenvalue weighted by Crippen LogP contribution is 2.41. The van der Waals surface area contributed by atoms with E-state index in [2.05, 4.69) is 52.0 Å². The van der Waals surface area contributed by atoms with Gasteiger partial charge >= 0.3 is 0 Å². The fourth-order valence-corrected chi connectivity index (χ4v) is 2.90. The first kappa shape index (κ1) is 18.2. The summed E-state index contributed by atoms with van der Waals surface area (Å²) in [6, 6.07) is 12.6. The second-order valence-electron chi connectivity index (χ2n) is 7.04. The van der Waals surface area contributed by atoms with Crippen molar-refractivity contribution in [3.63, 3.8) is 0 Å². The summed E-state index contributed by atoms with van der Waals surface area (Å²) in [5, 5.41) is 0. The van der Waals surface area contributed by atoms with Gasteiger partial charge in [-0.05, 0) is 16.5 Å². The molecule has 0 heterocycles. The molecule has 0 amide bonds. The van der Waals surface area contributed by atoms with Crippen molar-refractivity contribution >= 4 is 0 Å². The maximum atomic E-state index is 5.59. The molecule has 130 valence electrons. The van der Waals surface area contributed by atoms with Gasteiger partial charge in [0.2, 0.25) is 0 Å². The summed E-state index contributed by atoms with van der Waals surface area (Å²) < 4.78 is 16.5. The van der Waals surface area contributed by atoms with Gasteiger partial charge in [0, 0.05) is 23.6 Å². The third-order valence-corrected chi connectivity index (χ3v) is 4.46. The molecule has 1 atom stereocenters. The van der Waals surface area contributed by atoms with Crippen LogP contribution in [-0.2, 0) is 5.41 Å². The zero-order valence-corrected chi connectivity index (χ0v) is 15.8. The lowest BCUT2D eigenvalue weighted by Crippen LogP contribution is -2.11. The zero-order chi connectivity index (χ0) is 17.9. The summed E-state index contributed by atoms with van der Waals surface area (Å²) in [5.74, 6) is 2.43. The predicted molar refractivity (Wildman–Crippen MR) is 98.8 cm³/mol. The van der Waals surface area contributed by atoms with Crippen molar-refractivity contribution in [3.8, 4) is 17.2 Å². The minimum atomic E-state index is 0.148.